The highest BCUT2D eigenvalue weighted by molar-refractivity contribution is 7.80. The van der Waals surface area contributed by atoms with Crippen LogP contribution in [0.1, 0.15) is 16.8 Å². The minimum absolute atomic E-state index is 0.0305. The number of pyridine rings is 1. The first-order valence-electron chi connectivity index (χ1n) is 8.29. The number of thiocarbonyl (C=S) groups is 1. The van der Waals surface area contributed by atoms with E-state index in [1.54, 1.807) is 6.20 Å². The number of nitrogens with one attached hydrogen (secondary N) is 2. The van der Waals surface area contributed by atoms with Crippen LogP contribution < -0.4 is 10.9 Å². The number of rotatable bonds is 5. The molecule has 0 amide bonds. The van der Waals surface area contributed by atoms with Crippen LogP contribution in [-0.4, -0.2) is 32.2 Å². The fourth-order valence-corrected chi connectivity index (χ4v) is 2.40. The third kappa shape index (κ3) is 5.12. The van der Waals surface area contributed by atoms with Gasteiger partial charge in [0.1, 0.15) is 17.2 Å². The van der Waals surface area contributed by atoms with E-state index in [-0.39, 0.29) is 16.6 Å². The van der Waals surface area contributed by atoms with Crippen molar-refractivity contribution in [3.05, 3.63) is 89.7 Å². The molecule has 2 aromatic carbocycles. The van der Waals surface area contributed by atoms with E-state index in [4.69, 9.17) is 12.2 Å². The zero-order valence-electron chi connectivity index (χ0n) is 14.6. The van der Waals surface area contributed by atoms with E-state index in [2.05, 4.69) is 26.0 Å². The Balaban J connectivity index is 1.70. The number of aromatic hydroxyl groups is 2. The summed E-state index contributed by atoms with van der Waals surface area (Å²) in [7, 11) is 0. The molecule has 0 aliphatic rings. The lowest BCUT2D eigenvalue weighted by Gasteiger charge is -2.08. The summed E-state index contributed by atoms with van der Waals surface area (Å²) in [4.78, 5) is 4.34. The van der Waals surface area contributed by atoms with Crippen LogP contribution in [0.5, 0.6) is 11.5 Å². The van der Waals surface area contributed by atoms with Crippen molar-refractivity contribution in [2.75, 3.05) is 0 Å². The van der Waals surface area contributed by atoms with Gasteiger partial charge in [-0.15, -0.1) is 0 Å². The number of aromatic nitrogens is 1. The van der Waals surface area contributed by atoms with Crippen LogP contribution >= 0.6 is 12.2 Å². The number of benzene rings is 2. The molecule has 8 heteroatoms. The molecule has 0 saturated carbocycles. The molecule has 3 rings (SSSR count). The average Bonchev–Trinajstić information content (AvgIpc) is 2.71. The summed E-state index contributed by atoms with van der Waals surface area (Å²) in [5.41, 5.74) is 8.00. The minimum atomic E-state index is -0.0936. The number of hydrogen-bond acceptors (Lipinski definition) is 6. The second kappa shape index (κ2) is 9.24. The Bertz CT molecular complexity index is 966. The molecule has 1 aromatic heterocycles. The summed E-state index contributed by atoms with van der Waals surface area (Å²) in [5.74, 6) is -0.124. The average molecular weight is 391 g/mol. The molecular weight excluding hydrogens is 374 g/mol. The van der Waals surface area contributed by atoms with Gasteiger partial charge in [-0.3, -0.25) is 15.8 Å². The van der Waals surface area contributed by atoms with Crippen LogP contribution in [0.25, 0.3) is 0 Å². The summed E-state index contributed by atoms with van der Waals surface area (Å²) in [6.45, 7) is 0. The Morgan fingerprint density at radius 1 is 0.964 bits per heavy atom. The van der Waals surface area contributed by atoms with Crippen molar-refractivity contribution < 1.29 is 10.2 Å². The van der Waals surface area contributed by atoms with Crippen molar-refractivity contribution in [2.24, 2.45) is 10.2 Å². The first kappa shape index (κ1) is 19.0. The van der Waals surface area contributed by atoms with Gasteiger partial charge < -0.3 is 10.2 Å². The Kier molecular flexibility index (Phi) is 6.27. The molecule has 0 bridgehead atoms. The van der Waals surface area contributed by atoms with Crippen molar-refractivity contribution in [3.8, 4) is 11.5 Å². The largest absolute Gasteiger partial charge is 0.508 e. The summed E-state index contributed by atoms with van der Waals surface area (Å²) in [5, 5.41) is 27.5. The molecule has 3 aromatic rings. The van der Waals surface area contributed by atoms with E-state index in [0.29, 0.717) is 17.0 Å². The summed E-state index contributed by atoms with van der Waals surface area (Å²) in [6, 6.07) is 19.4. The van der Waals surface area contributed by atoms with Gasteiger partial charge >= 0.3 is 0 Å². The fraction of sp³-hybridized carbons (Fsp3) is 0. The van der Waals surface area contributed by atoms with Gasteiger partial charge in [0.05, 0.1) is 11.9 Å². The Hall–Kier alpha value is -3.78. The van der Waals surface area contributed by atoms with Crippen LogP contribution in [0, 0.1) is 0 Å². The van der Waals surface area contributed by atoms with Crippen LogP contribution in [0.3, 0.4) is 0 Å². The van der Waals surface area contributed by atoms with Gasteiger partial charge in [-0.1, -0.05) is 36.4 Å². The standard InChI is InChI=1S/C20H17N5O2S/c26-16-10-9-15(18(27)12-16)13-22-24-20(28)25-23-19(14-6-2-1-3-7-14)17-8-4-5-11-21-17/h1-13,26-27H,(H2,24,25,28)/b22-13+,23-19+. The van der Waals surface area contributed by atoms with Gasteiger partial charge in [0.2, 0.25) is 5.11 Å². The third-order valence-corrected chi connectivity index (χ3v) is 3.79. The highest BCUT2D eigenvalue weighted by Gasteiger charge is 2.08. The summed E-state index contributed by atoms with van der Waals surface area (Å²) < 4.78 is 0. The van der Waals surface area contributed by atoms with E-state index in [0.717, 1.165) is 5.56 Å². The van der Waals surface area contributed by atoms with Gasteiger partial charge in [0, 0.05) is 23.4 Å². The molecule has 0 aliphatic carbocycles. The monoisotopic (exact) mass is 391 g/mol. The van der Waals surface area contributed by atoms with Crippen molar-refractivity contribution >= 4 is 29.3 Å². The molecule has 7 nitrogen and oxygen atoms in total. The van der Waals surface area contributed by atoms with E-state index < -0.39 is 0 Å². The number of phenolic OH excluding ortho intramolecular Hbond substituents is 2. The van der Waals surface area contributed by atoms with Crippen LogP contribution in [0.15, 0.2) is 83.1 Å². The normalized spacial score (nSPS) is 11.4. The lowest BCUT2D eigenvalue weighted by molar-refractivity contribution is 0.450. The molecule has 0 saturated heterocycles. The summed E-state index contributed by atoms with van der Waals surface area (Å²) in [6.07, 6.45) is 3.07. The number of hydrogen-bond donors (Lipinski definition) is 4. The Morgan fingerprint density at radius 3 is 2.46 bits per heavy atom. The zero-order chi connectivity index (χ0) is 19.8. The second-order valence-electron chi connectivity index (χ2n) is 5.60. The van der Waals surface area contributed by atoms with E-state index in [9.17, 15) is 10.2 Å². The first-order valence-corrected chi connectivity index (χ1v) is 8.70. The molecular formula is C20H17N5O2S. The number of phenols is 2. The lowest BCUT2D eigenvalue weighted by atomic mass is 10.1. The highest BCUT2D eigenvalue weighted by Crippen LogP contribution is 2.20. The van der Waals surface area contributed by atoms with Crippen molar-refractivity contribution in [3.63, 3.8) is 0 Å². The van der Waals surface area contributed by atoms with Gasteiger partial charge in [-0.25, -0.2) is 0 Å². The van der Waals surface area contributed by atoms with Gasteiger partial charge in [-0.2, -0.15) is 10.2 Å². The third-order valence-electron chi connectivity index (χ3n) is 3.61. The van der Waals surface area contributed by atoms with Crippen LogP contribution in [0.2, 0.25) is 0 Å². The number of hydrazone groups is 2. The molecule has 0 aliphatic heterocycles. The van der Waals surface area contributed by atoms with E-state index >= 15 is 0 Å². The quantitative estimate of drug-likeness (QED) is 0.303. The minimum Gasteiger partial charge on any atom is -0.508 e. The van der Waals surface area contributed by atoms with Crippen molar-refractivity contribution in [1.29, 1.82) is 0 Å². The molecule has 28 heavy (non-hydrogen) atoms. The topological polar surface area (TPSA) is 102 Å². The molecule has 0 spiro atoms. The van der Waals surface area contributed by atoms with Crippen molar-refractivity contribution in [2.45, 2.75) is 0 Å². The molecule has 140 valence electrons. The lowest BCUT2D eigenvalue weighted by Crippen LogP contribution is -2.29. The number of nitrogens with zero attached hydrogens (tertiary/aromatic N) is 3. The van der Waals surface area contributed by atoms with Crippen molar-refractivity contribution in [1.82, 2.24) is 15.8 Å². The van der Waals surface area contributed by atoms with Gasteiger partial charge in [0.15, 0.2) is 0 Å². The first-order chi connectivity index (χ1) is 13.6. The maximum absolute atomic E-state index is 9.73. The predicted octanol–water partition coefficient (Wildman–Crippen LogP) is 2.74. The molecule has 0 fully saturated rings. The maximum Gasteiger partial charge on any atom is 0.207 e. The maximum atomic E-state index is 9.73. The second-order valence-corrected chi connectivity index (χ2v) is 6.00. The van der Waals surface area contributed by atoms with Crippen LogP contribution in [0.4, 0.5) is 0 Å². The van der Waals surface area contributed by atoms with Gasteiger partial charge in [0.25, 0.3) is 0 Å². The summed E-state index contributed by atoms with van der Waals surface area (Å²) >= 11 is 5.18. The Labute approximate surface area is 167 Å². The molecule has 0 unspecified atom stereocenters. The molecule has 4 N–H and O–H groups in total. The van der Waals surface area contributed by atoms with E-state index in [1.165, 1.54) is 24.4 Å². The smallest absolute Gasteiger partial charge is 0.207 e. The molecule has 0 radical (unpaired) electrons. The Morgan fingerprint density at radius 2 is 1.75 bits per heavy atom. The molecule has 0 atom stereocenters. The SMILES string of the molecule is Oc1ccc(/C=N/NC(=S)N/N=C(\c2ccccc2)c2ccccn2)c(O)c1. The fourth-order valence-electron chi connectivity index (χ4n) is 2.30. The van der Waals surface area contributed by atoms with Gasteiger partial charge in [-0.05, 0) is 36.5 Å². The highest BCUT2D eigenvalue weighted by atomic mass is 32.1. The van der Waals surface area contributed by atoms with E-state index in [1.807, 2.05) is 48.5 Å². The molecule has 1 heterocycles. The zero-order valence-corrected chi connectivity index (χ0v) is 15.5. The predicted molar refractivity (Wildman–Crippen MR) is 113 cm³/mol. The van der Waals surface area contributed by atoms with Crippen LogP contribution in [-0.2, 0) is 0 Å².